The number of halogens is 2. The van der Waals surface area contributed by atoms with E-state index in [0.29, 0.717) is 13.2 Å². The van der Waals surface area contributed by atoms with Gasteiger partial charge in [0.15, 0.2) is 0 Å². The lowest BCUT2D eigenvalue weighted by atomic mass is 10.1. The summed E-state index contributed by atoms with van der Waals surface area (Å²) in [5, 5.41) is 0. The Hall–Kier alpha value is -0.490. The SMILES string of the molecule is CC(C)OCCN(C)C(CN)c1cc(F)ccc1Br. The van der Waals surface area contributed by atoms with Crippen molar-refractivity contribution in [2.45, 2.75) is 26.0 Å². The van der Waals surface area contributed by atoms with Gasteiger partial charge in [0.1, 0.15) is 5.82 Å². The second-order valence-corrected chi connectivity index (χ2v) is 5.67. The molecule has 1 aromatic carbocycles. The highest BCUT2D eigenvalue weighted by Gasteiger charge is 2.18. The molecule has 0 saturated carbocycles. The summed E-state index contributed by atoms with van der Waals surface area (Å²) in [5.74, 6) is -0.247. The van der Waals surface area contributed by atoms with Crippen LogP contribution in [0, 0.1) is 5.82 Å². The van der Waals surface area contributed by atoms with E-state index in [9.17, 15) is 4.39 Å². The zero-order chi connectivity index (χ0) is 14.4. The molecule has 1 aromatic rings. The lowest BCUT2D eigenvalue weighted by molar-refractivity contribution is 0.0563. The van der Waals surface area contributed by atoms with Crippen LogP contribution in [0.1, 0.15) is 25.5 Å². The summed E-state index contributed by atoms with van der Waals surface area (Å²) >= 11 is 3.45. The summed E-state index contributed by atoms with van der Waals surface area (Å²) < 4.78 is 19.8. The summed E-state index contributed by atoms with van der Waals surface area (Å²) in [6, 6.07) is 4.65. The monoisotopic (exact) mass is 332 g/mol. The number of rotatable bonds is 7. The highest BCUT2D eigenvalue weighted by atomic mass is 79.9. The van der Waals surface area contributed by atoms with E-state index in [1.165, 1.54) is 12.1 Å². The first-order chi connectivity index (χ1) is 8.95. The predicted molar refractivity (Wildman–Crippen MR) is 79.6 cm³/mol. The quantitative estimate of drug-likeness (QED) is 0.834. The molecule has 0 radical (unpaired) electrons. The van der Waals surface area contributed by atoms with E-state index in [0.717, 1.165) is 16.6 Å². The number of hydrogen-bond acceptors (Lipinski definition) is 3. The van der Waals surface area contributed by atoms with Crippen molar-refractivity contribution in [3.05, 3.63) is 34.1 Å². The Morgan fingerprint density at radius 3 is 2.68 bits per heavy atom. The Kier molecular flexibility index (Phi) is 6.93. The fraction of sp³-hybridized carbons (Fsp3) is 0.571. The number of hydrogen-bond donors (Lipinski definition) is 1. The van der Waals surface area contributed by atoms with Crippen molar-refractivity contribution in [3.63, 3.8) is 0 Å². The summed E-state index contributed by atoms with van der Waals surface area (Å²) in [4.78, 5) is 2.09. The molecule has 0 bridgehead atoms. The predicted octanol–water partition coefficient (Wildman–Crippen LogP) is 2.94. The van der Waals surface area contributed by atoms with Crippen molar-refractivity contribution in [2.24, 2.45) is 5.73 Å². The van der Waals surface area contributed by atoms with Gasteiger partial charge in [0.2, 0.25) is 0 Å². The van der Waals surface area contributed by atoms with Crippen molar-refractivity contribution in [3.8, 4) is 0 Å². The molecule has 0 aliphatic carbocycles. The first kappa shape index (κ1) is 16.6. The molecule has 1 rings (SSSR count). The number of ether oxygens (including phenoxy) is 1. The maximum absolute atomic E-state index is 13.4. The van der Waals surface area contributed by atoms with Crippen LogP contribution in [0.3, 0.4) is 0 Å². The first-order valence-electron chi connectivity index (χ1n) is 6.42. The number of nitrogens with two attached hydrogens (primary N) is 1. The van der Waals surface area contributed by atoms with Crippen LogP contribution in [-0.2, 0) is 4.74 Å². The molecule has 0 heterocycles. The average Bonchev–Trinajstić information content (AvgIpc) is 2.34. The molecule has 0 aliphatic rings. The Morgan fingerprint density at radius 1 is 1.42 bits per heavy atom. The van der Waals surface area contributed by atoms with Crippen molar-refractivity contribution < 1.29 is 9.13 Å². The van der Waals surface area contributed by atoms with E-state index in [1.54, 1.807) is 6.07 Å². The molecule has 0 amide bonds. The van der Waals surface area contributed by atoms with Crippen LogP contribution in [0.15, 0.2) is 22.7 Å². The summed E-state index contributed by atoms with van der Waals surface area (Å²) in [6.45, 7) is 5.83. The number of benzene rings is 1. The van der Waals surface area contributed by atoms with Gasteiger partial charge in [-0.3, -0.25) is 4.90 Å². The molecule has 2 N–H and O–H groups in total. The van der Waals surface area contributed by atoms with E-state index in [1.807, 2.05) is 20.9 Å². The molecule has 19 heavy (non-hydrogen) atoms. The zero-order valence-corrected chi connectivity index (χ0v) is 13.3. The van der Waals surface area contributed by atoms with Crippen LogP contribution in [0.2, 0.25) is 0 Å². The van der Waals surface area contributed by atoms with Crippen LogP contribution >= 0.6 is 15.9 Å². The molecule has 0 aromatic heterocycles. The van der Waals surface area contributed by atoms with Crippen molar-refractivity contribution in [1.29, 1.82) is 0 Å². The molecule has 1 unspecified atom stereocenters. The molecule has 3 nitrogen and oxygen atoms in total. The van der Waals surface area contributed by atoms with Gasteiger partial charge in [-0.05, 0) is 44.7 Å². The van der Waals surface area contributed by atoms with Crippen LogP contribution in [0.25, 0.3) is 0 Å². The lowest BCUT2D eigenvalue weighted by Crippen LogP contribution is -2.33. The fourth-order valence-corrected chi connectivity index (χ4v) is 2.41. The number of likely N-dealkylation sites (N-methyl/N-ethyl adjacent to an activating group) is 1. The first-order valence-corrected chi connectivity index (χ1v) is 7.21. The molecule has 0 spiro atoms. The maximum Gasteiger partial charge on any atom is 0.123 e. The van der Waals surface area contributed by atoms with Crippen LogP contribution in [0.4, 0.5) is 4.39 Å². The molecule has 0 fully saturated rings. The summed E-state index contributed by atoms with van der Waals surface area (Å²) in [7, 11) is 1.97. The normalized spacial score (nSPS) is 13.3. The zero-order valence-electron chi connectivity index (χ0n) is 11.7. The topological polar surface area (TPSA) is 38.5 Å². The van der Waals surface area contributed by atoms with Gasteiger partial charge in [-0.15, -0.1) is 0 Å². The second-order valence-electron chi connectivity index (χ2n) is 4.82. The van der Waals surface area contributed by atoms with Gasteiger partial charge in [-0.2, -0.15) is 0 Å². The average molecular weight is 333 g/mol. The molecular weight excluding hydrogens is 311 g/mol. The van der Waals surface area contributed by atoms with Gasteiger partial charge in [0.05, 0.1) is 12.7 Å². The van der Waals surface area contributed by atoms with E-state index < -0.39 is 0 Å². The standard InChI is InChI=1S/C14H22BrFN2O/c1-10(2)19-7-6-18(3)14(9-17)12-8-11(16)4-5-13(12)15/h4-5,8,10,14H,6-7,9,17H2,1-3H3. The Balaban J connectivity index is 2.73. The van der Waals surface area contributed by atoms with E-state index in [2.05, 4.69) is 20.8 Å². The lowest BCUT2D eigenvalue weighted by Gasteiger charge is -2.28. The third-order valence-corrected chi connectivity index (χ3v) is 3.69. The van der Waals surface area contributed by atoms with Gasteiger partial charge in [-0.25, -0.2) is 4.39 Å². The van der Waals surface area contributed by atoms with Gasteiger partial charge in [-0.1, -0.05) is 15.9 Å². The highest BCUT2D eigenvalue weighted by molar-refractivity contribution is 9.10. The minimum Gasteiger partial charge on any atom is -0.377 e. The van der Waals surface area contributed by atoms with Crippen LogP contribution in [0.5, 0.6) is 0 Å². The van der Waals surface area contributed by atoms with Crippen molar-refractivity contribution >= 4 is 15.9 Å². The highest BCUT2D eigenvalue weighted by Crippen LogP contribution is 2.27. The Labute approximate surface area is 123 Å². The summed E-state index contributed by atoms with van der Waals surface area (Å²) in [5.41, 5.74) is 6.70. The van der Waals surface area contributed by atoms with Gasteiger partial charge in [0.25, 0.3) is 0 Å². The Morgan fingerprint density at radius 2 is 2.11 bits per heavy atom. The Bertz CT molecular complexity index is 401. The fourth-order valence-electron chi connectivity index (χ4n) is 1.90. The molecule has 0 aliphatic heterocycles. The van der Waals surface area contributed by atoms with Crippen molar-refractivity contribution in [2.75, 3.05) is 26.7 Å². The molecule has 0 saturated heterocycles. The molecule has 5 heteroatoms. The van der Waals surface area contributed by atoms with Gasteiger partial charge >= 0.3 is 0 Å². The minimum atomic E-state index is -0.247. The smallest absolute Gasteiger partial charge is 0.123 e. The molecule has 108 valence electrons. The molecule has 1 atom stereocenters. The maximum atomic E-state index is 13.4. The van der Waals surface area contributed by atoms with Crippen LogP contribution in [-0.4, -0.2) is 37.7 Å². The third-order valence-electron chi connectivity index (χ3n) is 2.97. The van der Waals surface area contributed by atoms with Gasteiger partial charge < -0.3 is 10.5 Å². The largest absolute Gasteiger partial charge is 0.377 e. The van der Waals surface area contributed by atoms with Gasteiger partial charge in [0, 0.05) is 23.6 Å². The second kappa shape index (κ2) is 7.94. The number of nitrogens with zero attached hydrogens (tertiary/aromatic N) is 1. The van der Waals surface area contributed by atoms with Crippen LogP contribution < -0.4 is 5.73 Å². The third kappa shape index (κ3) is 5.18. The minimum absolute atomic E-state index is 0.0270. The van der Waals surface area contributed by atoms with E-state index in [-0.39, 0.29) is 18.0 Å². The van der Waals surface area contributed by atoms with E-state index in [4.69, 9.17) is 10.5 Å². The van der Waals surface area contributed by atoms with E-state index >= 15 is 0 Å². The molecular formula is C14H22BrFN2O. The van der Waals surface area contributed by atoms with Crippen molar-refractivity contribution in [1.82, 2.24) is 4.90 Å². The summed E-state index contributed by atoms with van der Waals surface area (Å²) in [6.07, 6.45) is 0.214.